The third kappa shape index (κ3) is 7.62. The molecule has 0 aliphatic carbocycles. The van der Waals surface area contributed by atoms with Crippen molar-refractivity contribution in [3.8, 4) is 5.75 Å². The van der Waals surface area contributed by atoms with Gasteiger partial charge in [0.2, 0.25) is 5.89 Å². The van der Waals surface area contributed by atoms with Crippen LogP contribution in [0.1, 0.15) is 18.1 Å². The molecular weight excluding hydrogens is 421 g/mol. The number of nitrogens with zero attached hydrogens (tertiary/aromatic N) is 3. The molecule has 0 fully saturated rings. The van der Waals surface area contributed by atoms with Crippen molar-refractivity contribution >= 4 is 29.9 Å². The second kappa shape index (κ2) is 11.7. The minimum absolute atomic E-state index is 0. The quantitative estimate of drug-likeness (QED) is 0.281. The molecule has 132 valence electrons. The zero-order valence-corrected chi connectivity index (χ0v) is 16.3. The number of ether oxygens (including phenoxy) is 1. The summed E-state index contributed by atoms with van der Waals surface area (Å²) in [4.78, 5) is 8.34. The molecule has 8 heteroatoms. The van der Waals surface area contributed by atoms with Gasteiger partial charge >= 0.3 is 0 Å². The maximum absolute atomic E-state index is 5.61. The van der Waals surface area contributed by atoms with E-state index < -0.39 is 0 Å². The SMILES string of the molecule is CN=C(NCCCc1nc(C)no1)NCCOc1ccccc1.I. The van der Waals surface area contributed by atoms with Crippen LogP contribution in [0.3, 0.4) is 0 Å². The molecule has 1 heterocycles. The monoisotopic (exact) mass is 445 g/mol. The van der Waals surface area contributed by atoms with Crippen LogP contribution in [-0.2, 0) is 6.42 Å². The Bertz CT molecular complexity index is 604. The van der Waals surface area contributed by atoms with E-state index in [-0.39, 0.29) is 24.0 Å². The van der Waals surface area contributed by atoms with Crippen LogP contribution in [-0.4, -0.2) is 42.8 Å². The zero-order chi connectivity index (χ0) is 16.3. The van der Waals surface area contributed by atoms with Crippen LogP contribution in [0.2, 0.25) is 0 Å². The van der Waals surface area contributed by atoms with Crippen molar-refractivity contribution in [2.45, 2.75) is 19.8 Å². The lowest BCUT2D eigenvalue weighted by atomic mass is 10.3. The van der Waals surface area contributed by atoms with Gasteiger partial charge in [0.1, 0.15) is 12.4 Å². The maximum Gasteiger partial charge on any atom is 0.226 e. The fraction of sp³-hybridized carbons (Fsp3) is 0.438. The summed E-state index contributed by atoms with van der Waals surface area (Å²) in [6.07, 6.45) is 1.64. The molecule has 0 aliphatic heterocycles. The van der Waals surface area contributed by atoms with Crippen LogP contribution in [0.25, 0.3) is 0 Å². The lowest BCUT2D eigenvalue weighted by molar-refractivity contribution is 0.322. The predicted molar refractivity (Wildman–Crippen MR) is 104 cm³/mol. The van der Waals surface area contributed by atoms with E-state index in [4.69, 9.17) is 9.26 Å². The van der Waals surface area contributed by atoms with Gasteiger partial charge < -0.3 is 19.9 Å². The molecule has 0 atom stereocenters. The molecule has 0 saturated heterocycles. The number of para-hydroxylation sites is 1. The zero-order valence-electron chi connectivity index (χ0n) is 14.0. The van der Waals surface area contributed by atoms with Gasteiger partial charge in [0.15, 0.2) is 11.8 Å². The molecule has 0 bridgehead atoms. The number of hydrogen-bond acceptors (Lipinski definition) is 5. The number of guanidine groups is 1. The van der Waals surface area contributed by atoms with Gasteiger partial charge in [-0.2, -0.15) is 4.98 Å². The fourth-order valence-electron chi connectivity index (χ4n) is 1.96. The third-order valence-electron chi connectivity index (χ3n) is 3.06. The predicted octanol–water partition coefficient (Wildman–Crippen LogP) is 2.17. The summed E-state index contributed by atoms with van der Waals surface area (Å²) < 4.78 is 10.7. The molecule has 24 heavy (non-hydrogen) atoms. The smallest absolute Gasteiger partial charge is 0.226 e. The van der Waals surface area contributed by atoms with Crippen LogP contribution >= 0.6 is 24.0 Å². The molecule has 7 nitrogen and oxygen atoms in total. The first-order chi connectivity index (χ1) is 11.3. The van der Waals surface area contributed by atoms with E-state index in [9.17, 15) is 0 Å². The highest BCUT2D eigenvalue weighted by atomic mass is 127. The van der Waals surface area contributed by atoms with Gasteiger partial charge in [0, 0.05) is 20.0 Å². The Morgan fingerprint density at radius 1 is 1.21 bits per heavy atom. The van der Waals surface area contributed by atoms with Crippen molar-refractivity contribution in [2.24, 2.45) is 4.99 Å². The van der Waals surface area contributed by atoms with Crippen LogP contribution in [0.5, 0.6) is 5.75 Å². The van der Waals surface area contributed by atoms with E-state index in [1.807, 2.05) is 37.3 Å². The van der Waals surface area contributed by atoms with Gasteiger partial charge in [0.25, 0.3) is 0 Å². The Hall–Kier alpha value is -1.84. The molecule has 1 aromatic carbocycles. The van der Waals surface area contributed by atoms with Gasteiger partial charge in [-0.3, -0.25) is 4.99 Å². The minimum Gasteiger partial charge on any atom is -0.492 e. The first-order valence-electron chi connectivity index (χ1n) is 7.69. The summed E-state index contributed by atoms with van der Waals surface area (Å²) >= 11 is 0. The van der Waals surface area contributed by atoms with Crippen LogP contribution in [0.15, 0.2) is 39.8 Å². The fourth-order valence-corrected chi connectivity index (χ4v) is 1.96. The Labute approximate surface area is 159 Å². The Morgan fingerprint density at radius 3 is 2.62 bits per heavy atom. The van der Waals surface area contributed by atoms with E-state index in [1.54, 1.807) is 7.05 Å². The van der Waals surface area contributed by atoms with Crippen molar-refractivity contribution in [2.75, 3.05) is 26.7 Å². The molecule has 0 unspecified atom stereocenters. The summed E-state index contributed by atoms with van der Waals surface area (Å²) in [7, 11) is 1.74. The minimum atomic E-state index is 0. The summed E-state index contributed by atoms with van der Waals surface area (Å²) in [5, 5.41) is 10.2. The lowest BCUT2D eigenvalue weighted by Gasteiger charge is -2.12. The summed E-state index contributed by atoms with van der Waals surface area (Å²) in [6, 6.07) is 9.74. The van der Waals surface area contributed by atoms with Gasteiger partial charge in [0.05, 0.1) is 6.54 Å². The van der Waals surface area contributed by atoms with E-state index in [2.05, 4.69) is 25.8 Å². The Kier molecular flexibility index (Phi) is 9.81. The van der Waals surface area contributed by atoms with E-state index in [0.29, 0.717) is 24.9 Å². The van der Waals surface area contributed by atoms with E-state index >= 15 is 0 Å². The Balaban J connectivity index is 0.00000288. The Morgan fingerprint density at radius 2 is 1.96 bits per heavy atom. The van der Waals surface area contributed by atoms with Crippen molar-refractivity contribution in [1.82, 2.24) is 20.8 Å². The lowest BCUT2D eigenvalue weighted by Crippen LogP contribution is -2.39. The summed E-state index contributed by atoms with van der Waals surface area (Å²) in [5.74, 6) is 2.96. The first kappa shape index (κ1) is 20.2. The molecule has 1 aromatic heterocycles. The van der Waals surface area contributed by atoms with E-state index in [1.165, 1.54) is 0 Å². The van der Waals surface area contributed by atoms with Crippen molar-refractivity contribution in [3.63, 3.8) is 0 Å². The largest absolute Gasteiger partial charge is 0.492 e. The molecule has 0 amide bonds. The highest BCUT2D eigenvalue weighted by molar-refractivity contribution is 14.0. The third-order valence-corrected chi connectivity index (χ3v) is 3.06. The highest BCUT2D eigenvalue weighted by Crippen LogP contribution is 2.07. The standard InChI is InChI=1S/C16H23N5O2.HI/c1-13-20-15(23-21-13)9-6-10-18-16(17-2)19-11-12-22-14-7-4-3-5-8-14;/h3-5,7-8H,6,9-12H2,1-2H3,(H2,17,18,19);1H. The molecule has 2 N–H and O–H groups in total. The molecule has 0 saturated carbocycles. The van der Waals surface area contributed by atoms with Gasteiger partial charge in [-0.05, 0) is 25.5 Å². The van der Waals surface area contributed by atoms with Crippen LogP contribution in [0, 0.1) is 6.92 Å². The average molecular weight is 445 g/mol. The van der Waals surface area contributed by atoms with Gasteiger partial charge in [-0.25, -0.2) is 0 Å². The molecule has 0 radical (unpaired) electrons. The number of hydrogen-bond donors (Lipinski definition) is 2. The van der Waals surface area contributed by atoms with E-state index in [0.717, 1.165) is 31.1 Å². The number of rotatable bonds is 8. The topological polar surface area (TPSA) is 84.6 Å². The number of halogens is 1. The summed E-state index contributed by atoms with van der Waals surface area (Å²) in [5.41, 5.74) is 0. The molecule has 2 rings (SSSR count). The molecular formula is C16H24IN5O2. The van der Waals surface area contributed by atoms with Crippen LogP contribution in [0.4, 0.5) is 0 Å². The second-order valence-electron chi connectivity index (χ2n) is 4.93. The highest BCUT2D eigenvalue weighted by Gasteiger charge is 2.02. The second-order valence-corrected chi connectivity index (χ2v) is 4.93. The van der Waals surface area contributed by atoms with Crippen LogP contribution < -0.4 is 15.4 Å². The van der Waals surface area contributed by atoms with Crippen molar-refractivity contribution in [3.05, 3.63) is 42.0 Å². The normalized spacial score (nSPS) is 10.8. The maximum atomic E-state index is 5.61. The van der Waals surface area contributed by atoms with Crippen molar-refractivity contribution in [1.29, 1.82) is 0 Å². The van der Waals surface area contributed by atoms with Crippen molar-refractivity contribution < 1.29 is 9.26 Å². The number of aryl methyl sites for hydroxylation is 2. The number of aromatic nitrogens is 2. The summed E-state index contributed by atoms with van der Waals surface area (Å²) in [6.45, 7) is 3.85. The molecule has 2 aromatic rings. The first-order valence-corrected chi connectivity index (χ1v) is 7.69. The number of benzene rings is 1. The number of aliphatic imine (C=N–C) groups is 1. The molecule has 0 spiro atoms. The average Bonchev–Trinajstić information content (AvgIpc) is 2.99. The van der Waals surface area contributed by atoms with Gasteiger partial charge in [-0.1, -0.05) is 23.4 Å². The molecule has 0 aliphatic rings. The number of nitrogens with one attached hydrogen (secondary N) is 2. The van der Waals surface area contributed by atoms with Gasteiger partial charge in [-0.15, -0.1) is 24.0 Å².